The van der Waals surface area contributed by atoms with E-state index in [4.69, 9.17) is 4.74 Å². The molecule has 0 aliphatic carbocycles. The van der Waals surface area contributed by atoms with Gasteiger partial charge in [-0.1, -0.05) is 59.9 Å². The maximum atomic E-state index is 13.3. The Morgan fingerprint density at radius 1 is 1.03 bits per heavy atom. The molecule has 7 nitrogen and oxygen atoms in total. The molecule has 0 fully saturated rings. The zero-order valence-electron chi connectivity index (χ0n) is 17.4. The molecule has 3 heterocycles. The first kappa shape index (κ1) is 19.9. The van der Waals surface area contributed by atoms with Gasteiger partial charge in [0.15, 0.2) is 5.13 Å². The monoisotopic (exact) mass is 442 g/mol. The third-order valence-electron chi connectivity index (χ3n) is 5.19. The van der Waals surface area contributed by atoms with E-state index < -0.39 is 5.97 Å². The lowest BCUT2D eigenvalue weighted by Crippen LogP contribution is -2.16. The molecule has 2 aliphatic rings. The summed E-state index contributed by atoms with van der Waals surface area (Å²) >= 11 is 1.46. The van der Waals surface area contributed by atoms with Crippen LogP contribution in [0.2, 0.25) is 0 Å². The van der Waals surface area contributed by atoms with Gasteiger partial charge in [0.2, 0.25) is 0 Å². The third-order valence-corrected chi connectivity index (χ3v) is 6.25. The van der Waals surface area contributed by atoms with Gasteiger partial charge in [0, 0.05) is 18.6 Å². The number of nitrogens with zero attached hydrogens (tertiary/aromatic N) is 4. The van der Waals surface area contributed by atoms with Crippen molar-refractivity contribution in [2.24, 2.45) is 0 Å². The van der Waals surface area contributed by atoms with Crippen LogP contribution in [0.5, 0.6) is 0 Å². The highest BCUT2D eigenvalue weighted by atomic mass is 32.1. The Morgan fingerprint density at radius 3 is 2.53 bits per heavy atom. The second-order valence-corrected chi connectivity index (χ2v) is 8.22. The van der Waals surface area contributed by atoms with Gasteiger partial charge in [0.25, 0.3) is 5.56 Å². The first-order chi connectivity index (χ1) is 15.6. The number of rotatable bonds is 4. The van der Waals surface area contributed by atoms with Crippen molar-refractivity contribution in [3.8, 4) is 32.5 Å². The van der Waals surface area contributed by atoms with Crippen LogP contribution in [0.25, 0.3) is 32.5 Å². The number of esters is 1. The highest BCUT2D eigenvalue weighted by Crippen LogP contribution is 2.30. The number of aromatic nitrogens is 4. The van der Waals surface area contributed by atoms with E-state index in [9.17, 15) is 9.59 Å². The molecule has 0 amide bonds. The Labute approximate surface area is 187 Å². The molecule has 2 aromatic carbocycles. The number of pyridine rings is 1. The van der Waals surface area contributed by atoms with Crippen molar-refractivity contribution in [1.82, 2.24) is 19.3 Å². The van der Waals surface area contributed by atoms with Crippen molar-refractivity contribution in [3.63, 3.8) is 0 Å². The highest BCUT2D eigenvalue weighted by Gasteiger charge is 2.26. The van der Waals surface area contributed by atoms with Gasteiger partial charge in [0.1, 0.15) is 11.3 Å². The van der Waals surface area contributed by atoms with Gasteiger partial charge in [-0.25, -0.2) is 9.78 Å². The minimum absolute atomic E-state index is 0.200. The topological polar surface area (TPSA) is 79.0 Å². The molecule has 0 atom stereocenters. The molecule has 0 N–H and O–H groups in total. The summed E-state index contributed by atoms with van der Waals surface area (Å²) in [5.74, 6) is -0.571. The number of fused-ring (bicyclic) bond motifs is 1. The predicted molar refractivity (Wildman–Crippen MR) is 123 cm³/mol. The summed E-state index contributed by atoms with van der Waals surface area (Å²) < 4.78 is 7.97. The summed E-state index contributed by atoms with van der Waals surface area (Å²) in [5.41, 5.74) is 3.10. The van der Waals surface area contributed by atoms with Gasteiger partial charge >= 0.3 is 5.97 Å². The van der Waals surface area contributed by atoms with E-state index >= 15 is 0 Å². The number of carbonyl (C=O) groups excluding carboxylic acids is 1. The molecule has 0 spiro atoms. The van der Waals surface area contributed by atoms with Crippen LogP contribution in [0.3, 0.4) is 0 Å². The number of methoxy groups -OCH3 is 1. The van der Waals surface area contributed by atoms with E-state index in [0.717, 1.165) is 16.0 Å². The van der Waals surface area contributed by atoms with Crippen molar-refractivity contribution in [1.29, 1.82) is 0 Å². The minimum atomic E-state index is -0.571. The van der Waals surface area contributed by atoms with Crippen molar-refractivity contribution in [2.45, 2.75) is 6.92 Å². The molecule has 32 heavy (non-hydrogen) atoms. The number of hydrogen-bond donors (Lipinski definition) is 0. The third kappa shape index (κ3) is 3.30. The number of hydrogen-bond acceptors (Lipinski definition) is 6. The SMILES string of the molecule is COC(=O)c1cn(-c2ncc(-c3ccccc3)s2)cc2c(=O)n(-c3ccccc3C)nc1-2. The zero-order chi connectivity index (χ0) is 22.2. The van der Waals surface area contributed by atoms with Crippen LogP contribution in [-0.4, -0.2) is 32.4 Å². The van der Waals surface area contributed by atoms with Crippen LogP contribution >= 0.6 is 11.3 Å². The lowest BCUT2D eigenvalue weighted by molar-refractivity contribution is 0.0600. The van der Waals surface area contributed by atoms with Crippen molar-refractivity contribution in [3.05, 3.63) is 94.7 Å². The van der Waals surface area contributed by atoms with Crippen LogP contribution in [0.1, 0.15) is 15.9 Å². The van der Waals surface area contributed by atoms with Crippen LogP contribution in [-0.2, 0) is 4.74 Å². The van der Waals surface area contributed by atoms with E-state index in [1.54, 1.807) is 23.2 Å². The van der Waals surface area contributed by atoms with E-state index in [1.807, 2.05) is 61.5 Å². The fraction of sp³-hybridized carbons (Fsp3) is 0.0833. The van der Waals surface area contributed by atoms with Gasteiger partial charge in [-0.05, 0) is 24.1 Å². The highest BCUT2D eigenvalue weighted by molar-refractivity contribution is 7.17. The minimum Gasteiger partial charge on any atom is -0.465 e. The number of ether oxygens (including phenoxy) is 1. The Balaban J connectivity index is 1.70. The molecule has 1 aromatic heterocycles. The first-order valence-corrected chi connectivity index (χ1v) is 10.7. The average molecular weight is 443 g/mol. The maximum absolute atomic E-state index is 13.3. The number of aryl methyl sites for hydroxylation is 1. The quantitative estimate of drug-likeness (QED) is 0.387. The normalized spacial score (nSPS) is 11.1. The zero-order valence-corrected chi connectivity index (χ0v) is 18.2. The largest absolute Gasteiger partial charge is 0.465 e. The fourth-order valence-electron chi connectivity index (χ4n) is 3.56. The number of benzene rings is 2. The standard InChI is InChI=1S/C24H18N4O3S/c1-15-8-6-7-11-19(15)28-22(29)17-13-27(14-18(21(17)26-28)23(30)31-2)24-25-12-20(32-24)16-9-4-3-5-10-16/h3-14H,1-2H3. The lowest BCUT2D eigenvalue weighted by Gasteiger charge is -2.09. The molecule has 5 rings (SSSR count). The molecular weight excluding hydrogens is 424 g/mol. The summed E-state index contributed by atoms with van der Waals surface area (Å²) in [5, 5.41) is 5.10. The van der Waals surface area contributed by atoms with Gasteiger partial charge < -0.3 is 4.74 Å². The van der Waals surface area contributed by atoms with Crippen LogP contribution in [0.4, 0.5) is 0 Å². The van der Waals surface area contributed by atoms with Crippen molar-refractivity contribution < 1.29 is 9.53 Å². The van der Waals surface area contributed by atoms with Gasteiger partial charge in [-0.3, -0.25) is 9.36 Å². The van der Waals surface area contributed by atoms with Crippen molar-refractivity contribution in [2.75, 3.05) is 7.11 Å². The van der Waals surface area contributed by atoms with Gasteiger partial charge in [0.05, 0.1) is 23.2 Å². The van der Waals surface area contributed by atoms with Gasteiger partial charge in [-0.2, -0.15) is 9.78 Å². The molecule has 0 bridgehead atoms. The van der Waals surface area contributed by atoms with Crippen LogP contribution < -0.4 is 5.56 Å². The summed E-state index contributed by atoms with van der Waals surface area (Å²) in [6, 6.07) is 17.4. The molecular formula is C24H18N4O3S. The molecule has 0 radical (unpaired) electrons. The number of thiazole rings is 1. The molecule has 0 saturated carbocycles. The van der Waals surface area contributed by atoms with E-state index in [1.165, 1.54) is 23.1 Å². The van der Waals surface area contributed by atoms with Crippen molar-refractivity contribution >= 4 is 17.3 Å². The second-order valence-electron chi connectivity index (χ2n) is 7.21. The fourth-order valence-corrected chi connectivity index (χ4v) is 4.43. The number of para-hydroxylation sites is 1. The maximum Gasteiger partial charge on any atom is 0.341 e. The summed E-state index contributed by atoms with van der Waals surface area (Å²) in [4.78, 5) is 31.3. The lowest BCUT2D eigenvalue weighted by atomic mass is 10.1. The first-order valence-electron chi connectivity index (χ1n) is 9.88. The molecule has 0 saturated heterocycles. The Morgan fingerprint density at radius 2 is 1.78 bits per heavy atom. The Bertz CT molecular complexity index is 1470. The second kappa shape index (κ2) is 7.90. The Kier molecular flexibility index (Phi) is 4.91. The van der Waals surface area contributed by atoms with Gasteiger partial charge in [-0.15, -0.1) is 0 Å². The summed E-state index contributed by atoms with van der Waals surface area (Å²) in [6.07, 6.45) is 5.05. The number of carbonyl (C=O) groups is 1. The molecule has 158 valence electrons. The van der Waals surface area contributed by atoms with E-state index in [2.05, 4.69) is 10.1 Å². The molecule has 0 unspecified atom stereocenters. The molecule has 2 aliphatic heterocycles. The Hall–Kier alpha value is -4.04. The summed E-state index contributed by atoms with van der Waals surface area (Å²) in [7, 11) is 1.30. The molecule has 3 aromatic rings. The smallest absolute Gasteiger partial charge is 0.341 e. The summed E-state index contributed by atoms with van der Waals surface area (Å²) in [6.45, 7) is 1.91. The van der Waals surface area contributed by atoms with Crippen LogP contribution in [0, 0.1) is 6.92 Å². The predicted octanol–water partition coefficient (Wildman–Crippen LogP) is 4.35. The van der Waals surface area contributed by atoms with E-state index in [0.29, 0.717) is 22.1 Å². The average Bonchev–Trinajstić information content (AvgIpc) is 3.44. The van der Waals surface area contributed by atoms with E-state index in [-0.39, 0.29) is 11.1 Å². The molecule has 8 heteroatoms. The van der Waals surface area contributed by atoms with Crippen LogP contribution in [0.15, 0.2) is 78.0 Å².